The smallest absolute Gasteiger partial charge is 0.339 e. The van der Waals surface area contributed by atoms with Crippen molar-refractivity contribution in [1.29, 1.82) is 0 Å². The summed E-state index contributed by atoms with van der Waals surface area (Å²) in [4.78, 5) is 11.0. The molecule has 0 aromatic heterocycles. The minimum absolute atomic E-state index is 0.273. The van der Waals surface area contributed by atoms with Gasteiger partial charge in [-0.1, -0.05) is 36.4 Å². The van der Waals surface area contributed by atoms with E-state index in [4.69, 9.17) is 0 Å². The monoisotopic (exact) mass is 206 g/mol. The van der Waals surface area contributed by atoms with Gasteiger partial charge in [-0.15, -0.1) is 0 Å². The lowest BCUT2D eigenvalue weighted by Gasteiger charge is -2.04. The summed E-state index contributed by atoms with van der Waals surface area (Å²) in [6, 6.07) is 9.44. The molecule has 1 rings (SSSR count). The Morgan fingerprint density at radius 2 is 2.13 bits per heavy atom. The molecule has 0 radical (unpaired) electrons. The third-order valence-electron chi connectivity index (χ3n) is 1.80. The van der Waals surface area contributed by atoms with E-state index < -0.39 is 12.1 Å². The van der Waals surface area contributed by atoms with Crippen molar-refractivity contribution in [2.45, 2.75) is 13.0 Å². The van der Waals surface area contributed by atoms with Crippen molar-refractivity contribution >= 4 is 12.0 Å². The van der Waals surface area contributed by atoms with E-state index in [1.54, 1.807) is 13.0 Å². The molecule has 0 bridgehead atoms. The van der Waals surface area contributed by atoms with Gasteiger partial charge in [0.2, 0.25) is 0 Å². The highest BCUT2D eigenvalue weighted by Crippen LogP contribution is 2.02. The molecule has 3 heteroatoms. The molecule has 1 aromatic rings. The van der Waals surface area contributed by atoms with Crippen LogP contribution in [0.3, 0.4) is 0 Å². The highest BCUT2D eigenvalue weighted by Gasteiger charge is 2.11. The Morgan fingerprint density at radius 3 is 2.73 bits per heavy atom. The molecule has 0 saturated carbocycles. The van der Waals surface area contributed by atoms with Gasteiger partial charge in [-0.2, -0.15) is 0 Å². The number of esters is 1. The Labute approximate surface area is 89.0 Å². The molecule has 15 heavy (non-hydrogen) atoms. The highest BCUT2D eigenvalue weighted by atomic mass is 16.5. The first-order chi connectivity index (χ1) is 7.24. The summed E-state index contributed by atoms with van der Waals surface area (Å²) >= 11 is 0. The fraction of sp³-hybridized carbons (Fsp3) is 0.250. The van der Waals surface area contributed by atoms with E-state index in [1.807, 2.05) is 30.3 Å². The van der Waals surface area contributed by atoms with Gasteiger partial charge in [0.25, 0.3) is 0 Å². The first-order valence-electron chi connectivity index (χ1n) is 4.82. The predicted octanol–water partition coefficient (Wildman–Crippen LogP) is 1.62. The summed E-state index contributed by atoms with van der Waals surface area (Å²) < 4.78 is 4.65. The van der Waals surface area contributed by atoms with Crippen LogP contribution in [0.2, 0.25) is 0 Å². The fourth-order valence-corrected chi connectivity index (χ4v) is 1.07. The van der Waals surface area contributed by atoms with Gasteiger partial charge in [0.15, 0.2) is 6.10 Å². The first-order valence-corrected chi connectivity index (χ1v) is 4.82. The van der Waals surface area contributed by atoms with Crippen LogP contribution >= 0.6 is 0 Å². The van der Waals surface area contributed by atoms with Crippen LogP contribution in [-0.4, -0.2) is 23.8 Å². The van der Waals surface area contributed by atoms with Crippen LogP contribution in [-0.2, 0) is 9.53 Å². The maximum Gasteiger partial charge on any atom is 0.339 e. The van der Waals surface area contributed by atoms with Crippen molar-refractivity contribution < 1.29 is 14.6 Å². The maximum atomic E-state index is 11.0. The average molecular weight is 206 g/mol. The van der Waals surface area contributed by atoms with Crippen LogP contribution in [0.5, 0.6) is 0 Å². The van der Waals surface area contributed by atoms with Crippen molar-refractivity contribution in [2.24, 2.45) is 0 Å². The lowest BCUT2D eigenvalue weighted by Crippen LogP contribution is -2.20. The number of carbonyl (C=O) groups is 1. The number of hydrogen-bond acceptors (Lipinski definition) is 3. The topological polar surface area (TPSA) is 46.5 Å². The van der Waals surface area contributed by atoms with Gasteiger partial charge < -0.3 is 9.84 Å². The molecule has 0 aliphatic carbocycles. The van der Waals surface area contributed by atoms with E-state index in [0.29, 0.717) is 0 Å². The molecule has 0 aliphatic rings. The molecule has 80 valence electrons. The molecule has 1 atom stereocenters. The van der Waals surface area contributed by atoms with Gasteiger partial charge in [0.05, 0.1) is 6.61 Å². The molecule has 1 aromatic carbocycles. The van der Waals surface area contributed by atoms with E-state index in [9.17, 15) is 9.90 Å². The molecule has 0 saturated heterocycles. The van der Waals surface area contributed by atoms with E-state index in [-0.39, 0.29) is 6.61 Å². The Kier molecular flexibility index (Phi) is 4.57. The van der Waals surface area contributed by atoms with Gasteiger partial charge in [0, 0.05) is 0 Å². The van der Waals surface area contributed by atoms with Crippen molar-refractivity contribution in [3.63, 3.8) is 0 Å². The summed E-state index contributed by atoms with van der Waals surface area (Å²) in [5.41, 5.74) is 0.931. The van der Waals surface area contributed by atoms with Crippen molar-refractivity contribution in [1.82, 2.24) is 0 Å². The Balaban J connectivity index is 2.54. The summed E-state index contributed by atoms with van der Waals surface area (Å²) in [6.07, 6.45) is 1.90. The van der Waals surface area contributed by atoms with E-state index in [1.165, 1.54) is 6.08 Å². The molecule has 3 nitrogen and oxygen atoms in total. The van der Waals surface area contributed by atoms with Crippen LogP contribution in [0.15, 0.2) is 36.4 Å². The van der Waals surface area contributed by atoms with Crippen molar-refractivity contribution in [2.75, 3.05) is 6.61 Å². The zero-order valence-electron chi connectivity index (χ0n) is 8.59. The molecule has 1 N–H and O–H groups in total. The SMILES string of the molecule is CCOC(=O)C(O)/C=C\c1ccccc1. The number of aliphatic hydroxyl groups excluding tert-OH is 1. The zero-order chi connectivity index (χ0) is 11.1. The average Bonchev–Trinajstić information content (AvgIpc) is 2.27. The van der Waals surface area contributed by atoms with Gasteiger partial charge in [-0.3, -0.25) is 0 Å². The van der Waals surface area contributed by atoms with Gasteiger partial charge in [-0.25, -0.2) is 4.79 Å². The standard InChI is InChI=1S/C12H14O3/c1-2-15-12(14)11(13)9-8-10-6-4-3-5-7-10/h3-9,11,13H,2H2,1H3/b9-8-. The molecular formula is C12H14O3. The maximum absolute atomic E-state index is 11.0. The number of ether oxygens (including phenoxy) is 1. The molecule has 0 spiro atoms. The van der Waals surface area contributed by atoms with E-state index in [0.717, 1.165) is 5.56 Å². The molecule has 1 unspecified atom stereocenters. The van der Waals surface area contributed by atoms with Crippen molar-refractivity contribution in [3.05, 3.63) is 42.0 Å². The number of rotatable bonds is 4. The fourth-order valence-electron chi connectivity index (χ4n) is 1.07. The Bertz CT molecular complexity index is 330. The van der Waals surface area contributed by atoms with Crippen LogP contribution in [0, 0.1) is 0 Å². The second-order valence-electron chi connectivity index (χ2n) is 2.97. The number of carbonyl (C=O) groups excluding carboxylic acids is 1. The Hall–Kier alpha value is -1.61. The zero-order valence-corrected chi connectivity index (χ0v) is 8.59. The summed E-state index contributed by atoms with van der Waals surface area (Å²) in [5, 5.41) is 9.35. The van der Waals surface area contributed by atoms with Gasteiger partial charge in [0.1, 0.15) is 0 Å². The third kappa shape index (κ3) is 3.95. The van der Waals surface area contributed by atoms with E-state index in [2.05, 4.69) is 4.74 Å². The van der Waals surface area contributed by atoms with Crippen LogP contribution < -0.4 is 0 Å². The summed E-state index contributed by atoms with van der Waals surface area (Å²) in [7, 11) is 0. The minimum Gasteiger partial charge on any atom is -0.464 e. The largest absolute Gasteiger partial charge is 0.464 e. The van der Waals surface area contributed by atoms with Gasteiger partial charge in [-0.05, 0) is 18.6 Å². The van der Waals surface area contributed by atoms with E-state index >= 15 is 0 Å². The van der Waals surface area contributed by atoms with Crippen molar-refractivity contribution in [3.8, 4) is 0 Å². The second-order valence-corrected chi connectivity index (χ2v) is 2.97. The molecule has 0 fully saturated rings. The summed E-state index contributed by atoms with van der Waals surface area (Å²) in [5.74, 6) is -0.621. The summed E-state index contributed by atoms with van der Waals surface area (Å²) in [6.45, 7) is 1.97. The van der Waals surface area contributed by atoms with Crippen LogP contribution in [0.4, 0.5) is 0 Å². The van der Waals surface area contributed by atoms with Gasteiger partial charge >= 0.3 is 5.97 Å². The second kappa shape index (κ2) is 5.98. The predicted molar refractivity (Wildman–Crippen MR) is 58.1 cm³/mol. The molecule has 0 heterocycles. The molecule has 0 amide bonds. The first kappa shape index (κ1) is 11.5. The van der Waals surface area contributed by atoms with Crippen LogP contribution in [0.25, 0.3) is 6.08 Å². The lowest BCUT2D eigenvalue weighted by molar-refractivity contribution is -0.150. The van der Waals surface area contributed by atoms with Crippen LogP contribution in [0.1, 0.15) is 12.5 Å². The Morgan fingerprint density at radius 1 is 1.47 bits per heavy atom. The molecule has 0 aliphatic heterocycles. The highest BCUT2D eigenvalue weighted by molar-refractivity contribution is 5.77. The normalized spacial score (nSPS) is 12.7. The number of benzene rings is 1. The third-order valence-corrected chi connectivity index (χ3v) is 1.80. The minimum atomic E-state index is -1.19. The quantitative estimate of drug-likeness (QED) is 0.761. The number of hydrogen-bond donors (Lipinski definition) is 1. The number of aliphatic hydroxyl groups is 1. The molecular weight excluding hydrogens is 192 g/mol. The lowest BCUT2D eigenvalue weighted by atomic mass is 10.2.